The number of hydrogen-bond acceptors (Lipinski definition) is 5. The van der Waals surface area contributed by atoms with E-state index in [0.29, 0.717) is 60.2 Å². The number of ether oxygens (including phenoxy) is 2. The zero-order valence-electron chi connectivity index (χ0n) is 19.1. The van der Waals surface area contributed by atoms with Crippen molar-refractivity contribution < 1.29 is 23.5 Å². The van der Waals surface area contributed by atoms with E-state index in [1.807, 2.05) is 0 Å². The number of esters is 1. The summed E-state index contributed by atoms with van der Waals surface area (Å²) in [5.74, 6) is -1.07. The first-order valence-electron chi connectivity index (χ1n) is 11.0. The number of nitrogens with one attached hydrogen (secondary N) is 1. The van der Waals surface area contributed by atoms with Gasteiger partial charge in [-0.05, 0) is 50.1 Å². The molecule has 1 spiro atoms. The van der Waals surface area contributed by atoms with Crippen LogP contribution in [0.5, 0.6) is 0 Å². The van der Waals surface area contributed by atoms with Gasteiger partial charge in [-0.1, -0.05) is 36.2 Å². The van der Waals surface area contributed by atoms with E-state index < -0.39 is 17.6 Å². The molecule has 1 atom stereocenters. The Bertz CT molecular complexity index is 971. The van der Waals surface area contributed by atoms with Crippen molar-refractivity contribution in [2.75, 3.05) is 26.7 Å². The Kier molecular flexibility index (Phi) is 8.43. The number of carbonyl (C=O) groups excluding carboxylic acids is 2. The Morgan fingerprint density at radius 2 is 2.03 bits per heavy atom. The summed E-state index contributed by atoms with van der Waals surface area (Å²) in [6, 6.07) is 5.15. The fourth-order valence-electron chi connectivity index (χ4n) is 4.43. The van der Waals surface area contributed by atoms with Gasteiger partial charge in [-0.15, -0.1) is 0 Å². The van der Waals surface area contributed by atoms with Gasteiger partial charge in [-0.25, -0.2) is 9.18 Å². The van der Waals surface area contributed by atoms with Gasteiger partial charge in [0.15, 0.2) is 0 Å². The Morgan fingerprint density at radius 3 is 2.64 bits per heavy atom. The zero-order valence-corrected chi connectivity index (χ0v) is 20.6. The molecule has 1 N–H and O–H groups in total. The van der Waals surface area contributed by atoms with Gasteiger partial charge in [-0.2, -0.15) is 0 Å². The van der Waals surface area contributed by atoms with Crippen LogP contribution in [0.25, 0.3) is 0 Å². The minimum Gasteiger partial charge on any atom is -0.469 e. The van der Waals surface area contributed by atoms with Crippen LogP contribution >= 0.6 is 23.2 Å². The number of halogens is 3. The molecular formula is C24H29Cl2FN2O4. The van der Waals surface area contributed by atoms with Gasteiger partial charge in [0.1, 0.15) is 11.4 Å². The van der Waals surface area contributed by atoms with Gasteiger partial charge in [-0.3, -0.25) is 10.1 Å². The number of alkyl carbamates (subject to hydrolysis) is 1. The molecule has 33 heavy (non-hydrogen) atoms. The number of allylic oxidation sites excluding steroid dienone is 2. The van der Waals surface area contributed by atoms with Crippen molar-refractivity contribution in [3.05, 3.63) is 57.0 Å². The summed E-state index contributed by atoms with van der Waals surface area (Å²) < 4.78 is 24.8. The smallest absolute Gasteiger partial charge is 0.412 e. The van der Waals surface area contributed by atoms with Crippen LogP contribution in [-0.4, -0.2) is 49.3 Å². The van der Waals surface area contributed by atoms with Gasteiger partial charge in [0, 0.05) is 37.2 Å². The summed E-state index contributed by atoms with van der Waals surface area (Å²) >= 11 is 12.2. The maximum Gasteiger partial charge on any atom is 0.412 e. The summed E-state index contributed by atoms with van der Waals surface area (Å²) in [7, 11) is 1.36. The first kappa shape index (κ1) is 25.5. The van der Waals surface area contributed by atoms with E-state index in [1.165, 1.54) is 13.2 Å². The largest absolute Gasteiger partial charge is 0.469 e. The Morgan fingerprint density at radius 1 is 1.33 bits per heavy atom. The molecule has 1 unspecified atom stereocenters. The molecule has 0 saturated carbocycles. The average Bonchev–Trinajstić information content (AvgIpc) is 2.79. The van der Waals surface area contributed by atoms with E-state index in [2.05, 4.69) is 10.2 Å². The van der Waals surface area contributed by atoms with Crippen molar-refractivity contribution in [3.8, 4) is 0 Å². The van der Waals surface area contributed by atoms with Crippen molar-refractivity contribution in [2.24, 2.45) is 0 Å². The van der Waals surface area contributed by atoms with Gasteiger partial charge in [0.25, 0.3) is 0 Å². The van der Waals surface area contributed by atoms with E-state index in [4.69, 9.17) is 32.7 Å². The normalized spacial score (nSPS) is 19.8. The number of nitrogens with zero attached hydrogens (tertiary/aromatic N) is 1. The van der Waals surface area contributed by atoms with Crippen LogP contribution in [-0.2, 0) is 14.3 Å². The molecule has 1 fully saturated rings. The topological polar surface area (TPSA) is 67.9 Å². The lowest BCUT2D eigenvalue weighted by Crippen LogP contribution is -2.53. The molecule has 0 radical (unpaired) electrons. The highest BCUT2D eigenvalue weighted by molar-refractivity contribution is 6.42. The predicted molar refractivity (Wildman–Crippen MR) is 126 cm³/mol. The Hall–Kier alpha value is -2.09. The van der Waals surface area contributed by atoms with Crippen molar-refractivity contribution >= 4 is 35.3 Å². The number of amides is 1. The highest BCUT2D eigenvalue weighted by Gasteiger charge is 2.44. The van der Waals surface area contributed by atoms with Crippen LogP contribution in [0.1, 0.15) is 51.0 Å². The molecule has 6 nitrogen and oxygen atoms in total. The van der Waals surface area contributed by atoms with E-state index in [9.17, 15) is 14.0 Å². The van der Waals surface area contributed by atoms with E-state index in [1.54, 1.807) is 32.0 Å². The van der Waals surface area contributed by atoms with Gasteiger partial charge < -0.3 is 14.4 Å². The van der Waals surface area contributed by atoms with Crippen LogP contribution in [0.15, 0.2) is 41.4 Å². The number of carbonyl (C=O) groups is 2. The standard InChI is InChI=1S/C24H29Cl2FN2O4/c1-4-17(27)14-19-15(2)28-23(31)33-24(19)8-11-29(12-9-24)10-7-18(22(30)32-3)16-5-6-20(25)21(26)13-16/h5-6,13-14,18H,4,7-12H2,1-3H3,(H,28,31)/b17-14+. The van der Waals surface area contributed by atoms with E-state index >= 15 is 0 Å². The molecular weight excluding hydrogens is 470 g/mol. The minimum absolute atomic E-state index is 0.256. The lowest BCUT2D eigenvalue weighted by atomic mass is 9.81. The Balaban J connectivity index is 1.70. The first-order valence-corrected chi connectivity index (χ1v) is 11.8. The van der Waals surface area contributed by atoms with E-state index in [-0.39, 0.29) is 18.2 Å². The summed E-state index contributed by atoms with van der Waals surface area (Å²) in [5.41, 5.74) is 1.21. The minimum atomic E-state index is -0.846. The second-order valence-corrected chi connectivity index (χ2v) is 9.19. The molecule has 9 heteroatoms. The zero-order chi connectivity index (χ0) is 24.2. The van der Waals surface area contributed by atoms with Gasteiger partial charge in [0.05, 0.1) is 23.1 Å². The lowest BCUT2D eigenvalue weighted by Gasteiger charge is -2.44. The third kappa shape index (κ3) is 5.89. The monoisotopic (exact) mass is 498 g/mol. The summed E-state index contributed by atoms with van der Waals surface area (Å²) in [6.45, 7) is 5.42. The van der Waals surface area contributed by atoms with Crippen LogP contribution < -0.4 is 5.32 Å². The fraction of sp³-hybridized carbons (Fsp3) is 0.500. The second kappa shape index (κ2) is 10.9. The Labute approximate surface area is 203 Å². The number of rotatable bonds is 7. The van der Waals surface area contributed by atoms with Crippen molar-refractivity contribution in [3.63, 3.8) is 0 Å². The van der Waals surface area contributed by atoms with Gasteiger partial charge in [0.2, 0.25) is 0 Å². The molecule has 0 aromatic heterocycles. The third-order valence-electron chi connectivity index (χ3n) is 6.34. The molecule has 1 amide bonds. The third-order valence-corrected chi connectivity index (χ3v) is 7.08. The van der Waals surface area contributed by atoms with Crippen LogP contribution in [0, 0.1) is 0 Å². The number of methoxy groups -OCH3 is 1. The lowest BCUT2D eigenvalue weighted by molar-refractivity contribution is -0.142. The van der Waals surface area contributed by atoms with Crippen molar-refractivity contribution in [2.45, 2.75) is 51.0 Å². The summed E-state index contributed by atoms with van der Waals surface area (Å²) in [4.78, 5) is 26.7. The van der Waals surface area contributed by atoms with E-state index in [0.717, 1.165) is 5.56 Å². The van der Waals surface area contributed by atoms with Crippen molar-refractivity contribution in [1.82, 2.24) is 10.2 Å². The molecule has 0 aliphatic carbocycles. The maximum atomic E-state index is 14.1. The predicted octanol–water partition coefficient (Wildman–Crippen LogP) is 5.75. The number of likely N-dealkylation sites (tertiary alicyclic amines) is 1. The SMILES string of the molecule is CC/C(F)=C\C1=C(C)NC(=O)OC12CCN(CCC(C(=O)OC)c1ccc(Cl)c(Cl)c1)CC2. The number of hydrogen-bond donors (Lipinski definition) is 1. The highest BCUT2D eigenvalue weighted by Crippen LogP contribution is 2.39. The van der Waals surface area contributed by atoms with Crippen LogP contribution in [0.4, 0.5) is 9.18 Å². The molecule has 1 aromatic carbocycles. The molecule has 3 rings (SSSR count). The molecule has 2 aliphatic rings. The fourth-order valence-corrected chi connectivity index (χ4v) is 4.74. The van der Waals surface area contributed by atoms with Crippen molar-refractivity contribution in [1.29, 1.82) is 0 Å². The number of piperidine rings is 1. The summed E-state index contributed by atoms with van der Waals surface area (Å²) in [6.07, 6.45) is 2.86. The first-order chi connectivity index (χ1) is 15.7. The average molecular weight is 499 g/mol. The quantitative estimate of drug-likeness (QED) is 0.484. The van der Waals surface area contributed by atoms with Crippen LogP contribution in [0.2, 0.25) is 10.0 Å². The molecule has 1 aromatic rings. The summed E-state index contributed by atoms with van der Waals surface area (Å²) in [5, 5.41) is 3.46. The second-order valence-electron chi connectivity index (χ2n) is 8.37. The highest BCUT2D eigenvalue weighted by atomic mass is 35.5. The molecule has 2 heterocycles. The molecule has 1 saturated heterocycles. The van der Waals surface area contributed by atoms with Gasteiger partial charge >= 0.3 is 12.1 Å². The van der Waals surface area contributed by atoms with Crippen LogP contribution in [0.3, 0.4) is 0 Å². The number of benzene rings is 1. The maximum absolute atomic E-state index is 14.1. The molecule has 180 valence electrons. The molecule has 2 aliphatic heterocycles. The molecule has 0 bridgehead atoms.